The third-order valence-corrected chi connectivity index (χ3v) is 4.82. The molecule has 1 fully saturated rings. The molecule has 160 valence electrons. The number of carbonyl (C=O) groups is 1. The predicted octanol–water partition coefficient (Wildman–Crippen LogP) is 2.74. The number of benzene rings is 1. The summed E-state index contributed by atoms with van der Waals surface area (Å²) in [5.74, 6) is 1.04. The molecule has 0 saturated carbocycles. The lowest BCUT2D eigenvalue weighted by molar-refractivity contribution is -0.385. The maximum atomic E-state index is 12.4. The zero-order chi connectivity index (χ0) is 21.8. The van der Waals surface area contributed by atoms with Gasteiger partial charge in [-0.3, -0.25) is 14.9 Å². The number of methoxy groups -OCH3 is 1. The molecule has 1 aliphatic heterocycles. The quantitative estimate of drug-likeness (QED) is 0.433. The Bertz CT molecular complexity index is 1060. The van der Waals surface area contributed by atoms with Gasteiger partial charge in [-0.15, -0.1) is 0 Å². The average molecular weight is 425 g/mol. The Morgan fingerprint density at radius 1 is 1.10 bits per heavy atom. The first-order valence-corrected chi connectivity index (χ1v) is 9.46. The smallest absolute Gasteiger partial charge is 0.373 e. The highest BCUT2D eigenvalue weighted by molar-refractivity contribution is 5.91. The number of ether oxygens (including phenoxy) is 2. The van der Waals surface area contributed by atoms with Gasteiger partial charge < -0.3 is 23.7 Å². The lowest BCUT2D eigenvalue weighted by Crippen LogP contribution is -2.49. The van der Waals surface area contributed by atoms with Crippen LogP contribution < -0.4 is 14.4 Å². The molecule has 2 aromatic heterocycles. The molecule has 0 radical (unpaired) electrons. The third-order valence-electron chi connectivity index (χ3n) is 4.82. The van der Waals surface area contributed by atoms with E-state index in [1.165, 1.54) is 12.6 Å². The Hall–Kier alpha value is -4.15. The van der Waals surface area contributed by atoms with Crippen LogP contribution in [0.3, 0.4) is 0 Å². The van der Waals surface area contributed by atoms with Crippen molar-refractivity contribution in [3.8, 4) is 17.4 Å². The molecule has 1 amide bonds. The molecule has 1 aliphatic rings. The van der Waals surface area contributed by atoms with E-state index in [1.54, 1.807) is 53.3 Å². The summed E-state index contributed by atoms with van der Waals surface area (Å²) in [6.45, 7) is 1.48. The van der Waals surface area contributed by atoms with Crippen LogP contribution in [0.5, 0.6) is 17.4 Å². The van der Waals surface area contributed by atoms with Gasteiger partial charge in [0.05, 0.1) is 18.3 Å². The lowest BCUT2D eigenvalue weighted by Gasteiger charge is -2.34. The van der Waals surface area contributed by atoms with Gasteiger partial charge >= 0.3 is 11.6 Å². The van der Waals surface area contributed by atoms with E-state index in [-0.39, 0.29) is 29.1 Å². The van der Waals surface area contributed by atoms with Gasteiger partial charge in [0.1, 0.15) is 17.8 Å². The number of aromatic nitrogens is 2. The molecule has 4 rings (SSSR count). The summed E-state index contributed by atoms with van der Waals surface area (Å²) in [6.07, 6.45) is 2.67. The van der Waals surface area contributed by atoms with Gasteiger partial charge in [0.15, 0.2) is 5.76 Å². The summed E-state index contributed by atoms with van der Waals surface area (Å²) < 4.78 is 15.9. The fraction of sp³-hybridized carbons (Fsp3) is 0.250. The monoisotopic (exact) mass is 425 g/mol. The summed E-state index contributed by atoms with van der Waals surface area (Å²) in [7, 11) is 1.54. The second-order valence-corrected chi connectivity index (χ2v) is 6.64. The van der Waals surface area contributed by atoms with Gasteiger partial charge in [-0.25, -0.2) is 4.98 Å². The largest absolute Gasteiger partial charge is 0.497 e. The van der Waals surface area contributed by atoms with E-state index in [1.807, 2.05) is 0 Å². The molecule has 11 nitrogen and oxygen atoms in total. The van der Waals surface area contributed by atoms with E-state index in [0.29, 0.717) is 37.7 Å². The minimum Gasteiger partial charge on any atom is -0.497 e. The molecule has 0 aliphatic carbocycles. The molecular formula is C20H19N5O6. The van der Waals surface area contributed by atoms with Crippen molar-refractivity contribution in [2.45, 2.75) is 0 Å². The SMILES string of the molecule is COc1ccc(Oc2ncnc(N3CCN(C(=O)c4ccco4)CC3)c2[N+](=O)[O-])cc1. The Morgan fingerprint density at radius 3 is 2.42 bits per heavy atom. The number of amides is 1. The number of hydrogen-bond acceptors (Lipinski definition) is 9. The van der Waals surface area contributed by atoms with Crippen molar-refractivity contribution in [3.05, 3.63) is 64.9 Å². The molecule has 11 heteroatoms. The average Bonchev–Trinajstić information content (AvgIpc) is 3.34. The number of anilines is 1. The Morgan fingerprint density at radius 2 is 1.81 bits per heavy atom. The number of rotatable bonds is 6. The number of nitro groups is 1. The van der Waals surface area contributed by atoms with Gasteiger partial charge in [-0.05, 0) is 36.4 Å². The van der Waals surface area contributed by atoms with Crippen LogP contribution in [0.2, 0.25) is 0 Å². The van der Waals surface area contributed by atoms with E-state index in [9.17, 15) is 14.9 Å². The number of furan rings is 1. The molecule has 0 unspecified atom stereocenters. The Labute approximate surface area is 177 Å². The molecule has 1 aromatic carbocycles. The third kappa shape index (κ3) is 4.25. The highest BCUT2D eigenvalue weighted by Gasteiger charge is 2.32. The minimum atomic E-state index is -0.561. The maximum absolute atomic E-state index is 12.4. The molecule has 0 atom stereocenters. The minimum absolute atomic E-state index is 0.147. The van der Waals surface area contributed by atoms with Crippen LogP contribution in [-0.4, -0.2) is 59.0 Å². The molecule has 0 N–H and O–H groups in total. The van der Waals surface area contributed by atoms with E-state index in [0.717, 1.165) is 0 Å². The molecule has 3 heterocycles. The summed E-state index contributed by atoms with van der Waals surface area (Å²) in [6, 6.07) is 9.87. The first kappa shape index (κ1) is 20.1. The van der Waals surface area contributed by atoms with Gasteiger partial charge in [0.25, 0.3) is 5.91 Å². The summed E-state index contributed by atoms with van der Waals surface area (Å²) >= 11 is 0. The lowest BCUT2D eigenvalue weighted by atomic mass is 10.2. The van der Waals surface area contributed by atoms with Crippen molar-refractivity contribution in [3.63, 3.8) is 0 Å². The van der Waals surface area contributed by atoms with Gasteiger partial charge in [0.2, 0.25) is 5.82 Å². The molecule has 1 saturated heterocycles. The van der Waals surface area contributed by atoms with Gasteiger partial charge in [-0.1, -0.05) is 0 Å². The Kier molecular flexibility index (Phi) is 5.65. The highest BCUT2D eigenvalue weighted by atomic mass is 16.6. The summed E-state index contributed by atoms with van der Waals surface area (Å²) in [5.41, 5.74) is -0.330. The van der Waals surface area contributed by atoms with Gasteiger partial charge in [0, 0.05) is 26.2 Å². The van der Waals surface area contributed by atoms with Crippen LogP contribution in [0.4, 0.5) is 11.5 Å². The van der Waals surface area contributed by atoms with Crippen molar-refractivity contribution >= 4 is 17.4 Å². The van der Waals surface area contributed by atoms with E-state index < -0.39 is 4.92 Å². The van der Waals surface area contributed by atoms with Crippen molar-refractivity contribution in [2.24, 2.45) is 0 Å². The number of hydrogen-bond donors (Lipinski definition) is 0. The zero-order valence-corrected chi connectivity index (χ0v) is 16.6. The van der Waals surface area contributed by atoms with Crippen molar-refractivity contribution in [1.29, 1.82) is 0 Å². The fourth-order valence-corrected chi connectivity index (χ4v) is 3.25. The van der Waals surface area contributed by atoms with Crippen LogP contribution >= 0.6 is 0 Å². The molecule has 31 heavy (non-hydrogen) atoms. The molecular weight excluding hydrogens is 406 g/mol. The van der Waals surface area contributed by atoms with E-state index >= 15 is 0 Å². The summed E-state index contributed by atoms with van der Waals surface area (Å²) in [5, 5.41) is 11.8. The zero-order valence-electron chi connectivity index (χ0n) is 16.6. The topological polar surface area (TPSA) is 124 Å². The van der Waals surface area contributed by atoms with Crippen LogP contribution in [-0.2, 0) is 0 Å². The van der Waals surface area contributed by atoms with Crippen LogP contribution in [0.1, 0.15) is 10.6 Å². The van der Waals surface area contributed by atoms with Crippen LogP contribution in [0.15, 0.2) is 53.4 Å². The van der Waals surface area contributed by atoms with E-state index in [4.69, 9.17) is 13.9 Å². The van der Waals surface area contributed by atoms with Gasteiger partial charge in [-0.2, -0.15) is 4.98 Å². The summed E-state index contributed by atoms with van der Waals surface area (Å²) in [4.78, 5) is 35.2. The van der Waals surface area contributed by atoms with Crippen LogP contribution in [0.25, 0.3) is 0 Å². The van der Waals surface area contributed by atoms with Crippen LogP contribution in [0, 0.1) is 10.1 Å². The number of piperazine rings is 1. The first-order valence-electron chi connectivity index (χ1n) is 9.46. The standard InChI is InChI=1S/C20H19N5O6/c1-29-14-4-6-15(7-5-14)31-19-17(25(27)28)18(21-13-22-19)23-8-10-24(11-9-23)20(26)16-3-2-12-30-16/h2-7,12-13H,8-11H2,1H3. The normalized spacial score (nSPS) is 13.7. The maximum Gasteiger partial charge on any atom is 0.373 e. The number of carbonyl (C=O) groups excluding carboxylic acids is 1. The molecule has 3 aromatic rings. The fourth-order valence-electron chi connectivity index (χ4n) is 3.25. The predicted molar refractivity (Wildman–Crippen MR) is 109 cm³/mol. The van der Waals surface area contributed by atoms with Crippen molar-refractivity contribution in [2.75, 3.05) is 38.2 Å². The second-order valence-electron chi connectivity index (χ2n) is 6.64. The number of nitrogens with zero attached hydrogens (tertiary/aromatic N) is 5. The Balaban J connectivity index is 1.52. The van der Waals surface area contributed by atoms with Crippen molar-refractivity contribution < 1.29 is 23.6 Å². The first-order chi connectivity index (χ1) is 15.1. The highest BCUT2D eigenvalue weighted by Crippen LogP contribution is 2.36. The second kappa shape index (κ2) is 8.69. The molecule has 0 spiro atoms. The van der Waals surface area contributed by atoms with E-state index in [2.05, 4.69) is 9.97 Å². The molecule has 0 bridgehead atoms. The van der Waals surface area contributed by atoms with Crippen molar-refractivity contribution in [1.82, 2.24) is 14.9 Å².